The van der Waals surface area contributed by atoms with Crippen molar-refractivity contribution in [1.29, 1.82) is 0 Å². The van der Waals surface area contributed by atoms with Crippen molar-refractivity contribution in [1.82, 2.24) is 5.32 Å². The van der Waals surface area contributed by atoms with Gasteiger partial charge in [0.25, 0.3) is 0 Å². The molecular formula is C22H25NO3. The molecule has 26 heavy (non-hydrogen) atoms. The van der Waals surface area contributed by atoms with Gasteiger partial charge >= 0.3 is 0 Å². The Bertz CT molecular complexity index is 701. The van der Waals surface area contributed by atoms with Gasteiger partial charge < -0.3 is 14.8 Å². The molecule has 1 aliphatic carbocycles. The van der Waals surface area contributed by atoms with E-state index in [9.17, 15) is 4.79 Å². The Kier molecular flexibility index (Phi) is 4.55. The van der Waals surface area contributed by atoms with Gasteiger partial charge in [0.15, 0.2) is 5.79 Å². The van der Waals surface area contributed by atoms with Crippen molar-refractivity contribution in [3.8, 4) is 0 Å². The number of carbonyl (C=O) groups is 1. The van der Waals surface area contributed by atoms with Crippen LogP contribution in [0.3, 0.4) is 0 Å². The minimum absolute atomic E-state index is 0.155. The molecule has 0 unspecified atom stereocenters. The lowest BCUT2D eigenvalue weighted by atomic mass is 9.79. The van der Waals surface area contributed by atoms with Crippen LogP contribution >= 0.6 is 0 Å². The molecule has 1 amide bonds. The van der Waals surface area contributed by atoms with Gasteiger partial charge in [-0.1, -0.05) is 60.7 Å². The molecule has 1 saturated carbocycles. The van der Waals surface area contributed by atoms with Crippen LogP contribution in [0.2, 0.25) is 0 Å². The molecule has 1 spiro atoms. The average molecular weight is 351 g/mol. The van der Waals surface area contributed by atoms with E-state index in [1.54, 1.807) is 0 Å². The van der Waals surface area contributed by atoms with Crippen LogP contribution in [0.1, 0.15) is 55.9 Å². The molecule has 1 aliphatic heterocycles. The van der Waals surface area contributed by atoms with E-state index in [-0.39, 0.29) is 17.7 Å². The Morgan fingerprint density at radius 2 is 1.46 bits per heavy atom. The Morgan fingerprint density at radius 1 is 0.923 bits per heavy atom. The van der Waals surface area contributed by atoms with Crippen LogP contribution in [-0.4, -0.2) is 17.7 Å². The molecule has 4 heteroatoms. The van der Waals surface area contributed by atoms with Crippen molar-refractivity contribution in [3.63, 3.8) is 0 Å². The summed E-state index contributed by atoms with van der Waals surface area (Å²) in [7, 11) is 0. The highest BCUT2D eigenvalue weighted by Gasteiger charge is 2.53. The second kappa shape index (κ2) is 6.86. The molecule has 1 saturated heterocycles. The molecule has 1 N–H and O–H groups in total. The zero-order valence-corrected chi connectivity index (χ0v) is 15.1. The molecule has 1 heterocycles. The minimum atomic E-state index is -0.663. The number of nitrogens with one attached hydrogen (secondary N) is 1. The summed E-state index contributed by atoms with van der Waals surface area (Å²) >= 11 is 0. The molecule has 4 rings (SSSR count). The first-order valence-corrected chi connectivity index (χ1v) is 9.30. The molecule has 4 nitrogen and oxygen atoms in total. The van der Waals surface area contributed by atoms with E-state index in [4.69, 9.17) is 9.47 Å². The third kappa shape index (κ3) is 3.27. The van der Waals surface area contributed by atoms with Crippen LogP contribution in [0.5, 0.6) is 0 Å². The van der Waals surface area contributed by atoms with Gasteiger partial charge in [-0.05, 0) is 30.9 Å². The zero-order chi connectivity index (χ0) is 18.0. The number of carbonyl (C=O) groups excluding carboxylic acids is 1. The standard InChI is InChI=1S/C22H25NO3/c1-21(23-16-24)13-8-14-22(15-21)25-19(17-9-4-2-5-10-17)20(26-22)18-11-6-3-7-12-18/h2-7,9-12,16,19-20H,8,13-15H2,1H3,(H,23,24)/t19-,20-,21+/m1/s1. The molecule has 2 aliphatic rings. The van der Waals surface area contributed by atoms with E-state index in [1.165, 1.54) is 0 Å². The zero-order valence-electron chi connectivity index (χ0n) is 15.1. The van der Waals surface area contributed by atoms with E-state index >= 15 is 0 Å². The minimum Gasteiger partial charge on any atom is -0.353 e. The van der Waals surface area contributed by atoms with Crippen molar-refractivity contribution in [2.24, 2.45) is 0 Å². The maximum absolute atomic E-state index is 11.1. The van der Waals surface area contributed by atoms with Gasteiger partial charge in [-0.15, -0.1) is 0 Å². The molecule has 2 aromatic carbocycles. The molecule has 0 bridgehead atoms. The highest BCUT2D eigenvalue weighted by molar-refractivity contribution is 5.48. The van der Waals surface area contributed by atoms with Crippen molar-refractivity contribution < 1.29 is 14.3 Å². The molecule has 2 fully saturated rings. The van der Waals surface area contributed by atoms with Gasteiger partial charge in [-0.3, -0.25) is 4.79 Å². The lowest BCUT2D eigenvalue weighted by Crippen LogP contribution is -2.52. The fourth-order valence-corrected chi connectivity index (χ4v) is 4.37. The first kappa shape index (κ1) is 17.3. The van der Waals surface area contributed by atoms with E-state index in [1.807, 2.05) is 36.4 Å². The van der Waals surface area contributed by atoms with Crippen molar-refractivity contribution >= 4 is 6.41 Å². The van der Waals surface area contributed by atoms with E-state index in [0.29, 0.717) is 6.42 Å². The molecule has 136 valence electrons. The van der Waals surface area contributed by atoms with Gasteiger partial charge in [0.05, 0.1) is 0 Å². The predicted molar refractivity (Wildman–Crippen MR) is 99.3 cm³/mol. The number of benzene rings is 2. The topological polar surface area (TPSA) is 47.6 Å². The van der Waals surface area contributed by atoms with Gasteiger partial charge in [0.2, 0.25) is 6.41 Å². The normalized spacial score (nSPS) is 30.2. The third-order valence-electron chi connectivity index (χ3n) is 5.57. The van der Waals surface area contributed by atoms with Crippen LogP contribution in [0, 0.1) is 0 Å². The Balaban J connectivity index is 1.68. The summed E-state index contributed by atoms with van der Waals surface area (Å²) in [5.41, 5.74) is 1.94. The summed E-state index contributed by atoms with van der Waals surface area (Å²) in [6, 6.07) is 20.5. The second-order valence-corrected chi connectivity index (χ2v) is 7.66. The highest BCUT2D eigenvalue weighted by Crippen LogP contribution is 2.53. The van der Waals surface area contributed by atoms with Crippen LogP contribution < -0.4 is 5.32 Å². The van der Waals surface area contributed by atoms with E-state index in [0.717, 1.165) is 36.8 Å². The highest BCUT2D eigenvalue weighted by atomic mass is 16.8. The first-order valence-electron chi connectivity index (χ1n) is 9.30. The third-order valence-corrected chi connectivity index (χ3v) is 5.57. The maximum Gasteiger partial charge on any atom is 0.207 e. The van der Waals surface area contributed by atoms with Crippen LogP contribution in [-0.2, 0) is 14.3 Å². The average Bonchev–Trinajstić information content (AvgIpc) is 3.01. The summed E-state index contributed by atoms with van der Waals surface area (Å²) in [6.07, 6.45) is 3.87. The molecule has 0 aromatic heterocycles. The van der Waals surface area contributed by atoms with E-state index < -0.39 is 5.79 Å². The van der Waals surface area contributed by atoms with Gasteiger partial charge in [-0.25, -0.2) is 0 Å². The van der Waals surface area contributed by atoms with E-state index in [2.05, 4.69) is 36.5 Å². The van der Waals surface area contributed by atoms with Crippen molar-refractivity contribution in [2.75, 3.05) is 0 Å². The molecule has 3 atom stereocenters. The number of hydrogen-bond donors (Lipinski definition) is 1. The maximum atomic E-state index is 11.1. The molecule has 0 radical (unpaired) electrons. The van der Waals surface area contributed by atoms with Gasteiger partial charge in [0.1, 0.15) is 12.2 Å². The summed E-state index contributed by atoms with van der Waals surface area (Å²) in [5.74, 6) is -0.663. The summed E-state index contributed by atoms with van der Waals surface area (Å²) in [5, 5.41) is 2.98. The first-order chi connectivity index (χ1) is 12.6. The van der Waals surface area contributed by atoms with Gasteiger partial charge in [0, 0.05) is 18.4 Å². The lowest BCUT2D eigenvalue weighted by Gasteiger charge is -2.43. The van der Waals surface area contributed by atoms with Crippen LogP contribution in [0.15, 0.2) is 60.7 Å². The number of hydrogen-bond acceptors (Lipinski definition) is 3. The van der Waals surface area contributed by atoms with Crippen molar-refractivity contribution in [2.45, 2.75) is 56.1 Å². The smallest absolute Gasteiger partial charge is 0.207 e. The second-order valence-electron chi connectivity index (χ2n) is 7.66. The monoisotopic (exact) mass is 351 g/mol. The number of ether oxygens (including phenoxy) is 2. The molecular weight excluding hydrogens is 326 g/mol. The quantitative estimate of drug-likeness (QED) is 0.836. The Labute approximate surface area is 154 Å². The van der Waals surface area contributed by atoms with Gasteiger partial charge in [-0.2, -0.15) is 0 Å². The largest absolute Gasteiger partial charge is 0.353 e. The summed E-state index contributed by atoms with van der Waals surface area (Å²) < 4.78 is 13.2. The van der Waals surface area contributed by atoms with Crippen LogP contribution in [0.4, 0.5) is 0 Å². The number of rotatable bonds is 4. The predicted octanol–water partition coefficient (Wildman–Crippen LogP) is 4.29. The fourth-order valence-electron chi connectivity index (χ4n) is 4.37. The lowest BCUT2D eigenvalue weighted by molar-refractivity contribution is -0.208. The Hall–Kier alpha value is -2.17. The summed E-state index contributed by atoms with van der Waals surface area (Å²) in [6.45, 7) is 2.07. The number of amides is 1. The van der Waals surface area contributed by atoms with Crippen molar-refractivity contribution in [3.05, 3.63) is 71.8 Å². The fraction of sp³-hybridized carbons (Fsp3) is 0.409. The SMILES string of the molecule is C[C@]1(NC=O)CCCC2(C1)O[C@H](c1ccccc1)[C@@H](c1ccccc1)O2. The Morgan fingerprint density at radius 3 is 1.96 bits per heavy atom. The van der Waals surface area contributed by atoms with Crippen LogP contribution in [0.25, 0.3) is 0 Å². The summed E-state index contributed by atoms with van der Waals surface area (Å²) in [4.78, 5) is 11.1. The molecule has 2 aromatic rings.